The lowest BCUT2D eigenvalue weighted by Gasteiger charge is -2.42. The maximum absolute atomic E-state index is 12.7. The van der Waals surface area contributed by atoms with Crippen LogP contribution >= 0.6 is 0 Å². The summed E-state index contributed by atoms with van der Waals surface area (Å²) in [6.45, 7) is 2.16. The molecule has 1 aliphatic heterocycles. The minimum Gasteiger partial charge on any atom is -0.365 e. The van der Waals surface area contributed by atoms with Crippen LogP contribution in [0.4, 0.5) is 24.7 Å². The maximum atomic E-state index is 12.7. The van der Waals surface area contributed by atoms with Crippen molar-refractivity contribution in [3.63, 3.8) is 0 Å². The van der Waals surface area contributed by atoms with Crippen LogP contribution in [-0.4, -0.2) is 45.4 Å². The molecule has 0 radical (unpaired) electrons. The number of aromatic nitrogens is 2. The number of nitrogens with zero attached hydrogens (tertiary/aromatic N) is 3. The quantitative estimate of drug-likeness (QED) is 0.689. The van der Waals surface area contributed by atoms with Crippen LogP contribution in [0, 0.1) is 5.41 Å². The normalized spacial score (nSPS) is 22.6. The number of carbonyl (C=O) groups excluding carboxylic acids is 1. The van der Waals surface area contributed by atoms with Crippen molar-refractivity contribution < 1.29 is 18.0 Å². The Morgan fingerprint density at radius 3 is 2.43 bits per heavy atom. The van der Waals surface area contributed by atoms with Crippen LogP contribution in [0.2, 0.25) is 0 Å². The summed E-state index contributed by atoms with van der Waals surface area (Å²) in [5, 5.41) is 15.7. The van der Waals surface area contributed by atoms with Crippen molar-refractivity contribution in [1.82, 2.24) is 14.7 Å². The summed E-state index contributed by atoms with van der Waals surface area (Å²) < 4.78 is 39.8. The fourth-order valence-electron chi connectivity index (χ4n) is 4.03. The minimum atomic E-state index is -4.42. The van der Waals surface area contributed by atoms with E-state index in [0.29, 0.717) is 23.9 Å². The van der Waals surface area contributed by atoms with E-state index in [-0.39, 0.29) is 17.4 Å². The maximum Gasteiger partial charge on any atom is 0.416 e. The van der Waals surface area contributed by atoms with E-state index in [0.717, 1.165) is 38.1 Å². The molecule has 4 rings (SSSR count). The molecule has 1 aromatic carbocycles. The first-order chi connectivity index (χ1) is 14.2. The minimum absolute atomic E-state index is 0.132. The van der Waals surface area contributed by atoms with Gasteiger partial charge >= 0.3 is 6.18 Å². The molecular weight excluding hydrogens is 397 g/mol. The number of primary amides is 1. The van der Waals surface area contributed by atoms with E-state index >= 15 is 0 Å². The molecule has 0 spiro atoms. The first kappa shape index (κ1) is 20.4. The molecule has 4 N–H and O–H groups in total. The number of nitrogens with two attached hydrogens (primary N) is 1. The highest BCUT2D eigenvalue weighted by Gasteiger charge is 2.34. The van der Waals surface area contributed by atoms with E-state index in [9.17, 15) is 18.0 Å². The second-order valence-corrected chi connectivity index (χ2v) is 7.80. The zero-order chi connectivity index (χ0) is 21.5. The monoisotopic (exact) mass is 420 g/mol. The Kier molecular flexibility index (Phi) is 5.27. The van der Waals surface area contributed by atoms with Crippen LogP contribution in [0.25, 0.3) is 0 Å². The Balaban J connectivity index is 1.52. The van der Waals surface area contributed by atoms with Crippen molar-refractivity contribution in [2.24, 2.45) is 5.73 Å². The molecule has 2 aromatic rings. The number of benzene rings is 1. The Bertz CT molecular complexity index is 948. The van der Waals surface area contributed by atoms with Crippen LogP contribution in [0.15, 0.2) is 30.5 Å². The molecule has 2 fully saturated rings. The van der Waals surface area contributed by atoms with Gasteiger partial charge in [-0.15, -0.1) is 0 Å². The first-order valence-electron chi connectivity index (χ1n) is 9.87. The number of halogens is 3. The standard InChI is InChI=1S/C20H23F3N6O/c21-20(22,23)12-2-4-13(5-3-12)26-19-15(18(25)30)11-29(27-19)17-7-6-14(10-16(17)24)28-8-1-9-28/h2-5,11,14,17,24H,1,6-10H2,(H2,25,30)(H,26,27)/t14-,17+/m1/s1. The van der Waals surface area contributed by atoms with E-state index in [1.54, 1.807) is 4.68 Å². The van der Waals surface area contributed by atoms with Gasteiger partial charge in [-0.1, -0.05) is 0 Å². The zero-order valence-corrected chi connectivity index (χ0v) is 16.2. The largest absolute Gasteiger partial charge is 0.416 e. The predicted octanol–water partition coefficient (Wildman–Crippen LogP) is 3.56. The lowest BCUT2D eigenvalue weighted by atomic mass is 9.87. The van der Waals surface area contributed by atoms with Crippen molar-refractivity contribution in [2.45, 2.75) is 43.9 Å². The number of likely N-dealkylation sites (tertiary alicyclic amines) is 1. The van der Waals surface area contributed by atoms with Gasteiger partial charge in [-0.3, -0.25) is 14.4 Å². The van der Waals surface area contributed by atoms with Crippen LogP contribution in [0.5, 0.6) is 0 Å². The van der Waals surface area contributed by atoms with E-state index < -0.39 is 17.6 Å². The predicted molar refractivity (Wildman–Crippen MR) is 106 cm³/mol. The van der Waals surface area contributed by atoms with Crippen LogP contribution in [0.1, 0.15) is 47.6 Å². The molecule has 1 saturated heterocycles. The second kappa shape index (κ2) is 7.75. The van der Waals surface area contributed by atoms with Gasteiger partial charge in [0.05, 0.1) is 11.6 Å². The molecule has 1 amide bonds. The third kappa shape index (κ3) is 4.04. The van der Waals surface area contributed by atoms with Gasteiger partial charge < -0.3 is 16.5 Å². The highest BCUT2D eigenvalue weighted by Crippen LogP contribution is 2.33. The van der Waals surface area contributed by atoms with Crippen molar-refractivity contribution in [2.75, 3.05) is 18.4 Å². The van der Waals surface area contributed by atoms with Crippen molar-refractivity contribution >= 4 is 23.1 Å². The van der Waals surface area contributed by atoms with Crippen LogP contribution < -0.4 is 11.1 Å². The van der Waals surface area contributed by atoms with Gasteiger partial charge in [-0.05, 0) is 56.6 Å². The topological polar surface area (TPSA) is 100 Å². The molecule has 0 bridgehead atoms. The van der Waals surface area contributed by atoms with Gasteiger partial charge in [0.1, 0.15) is 5.56 Å². The second-order valence-electron chi connectivity index (χ2n) is 7.80. The Morgan fingerprint density at radius 2 is 1.90 bits per heavy atom. The van der Waals surface area contributed by atoms with Gasteiger partial charge in [-0.25, -0.2) is 0 Å². The van der Waals surface area contributed by atoms with Crippen molar-refractivity contribution in [3.8, 4) is 0 Å². The van der Waals surface area contributed by atoms with Crippen molar-refractivity contribution in [1.29, 1.82) is 5.41 Å². The number of nitrogens with one attached hydrogen (secondary N) is 2. The van der Waals surface area contributed by atoms with Gasteiger partial charge in [0.25, 0.3) is 5.91 Å². The Hall–Kier alpha value is -2.88. The smallest absolute Gasteiger partial charge is 0.365 e. The number of alkyl halides is 3. The number of anilines is 2. The first-order valence-corrected chi connectivity index (χ1v) is 9.87. The lowest BCUT2D eigenvalue weighted by molar-refractivity contribution is -0.137. The molecule has 160 valence electrons. The number of amides is 1. The number of hydrogen-bond donors (Lipinski definition) is 3. The SMILES string of the molecule is N=C1C[C@H](N2CCC2)CC[C@@H]1n1cc(C(N)=O)c(Nc2ccc(C(F)(F)F)cc2)n1. The zero-order valence-electron chi connectivity index (χ0n) is 16.2. The summed E-state index contributed by atoms with van der Waals surface area (Å²) >= 11 is 0. The lowest BCUT2D eigenvalue weighted by Crippen LogP contribution is -2.48. The van der Waals surface area contributed by atoms with Crippen LogP contribution in [-0.2, 0) is 6.18 Å². The molecule has 2 heterocycles. The van der Waals surface area contributed by atoms with Crippen LogP contribution in [0.3, 0.4) is 0 Å². The summed E-state index contributed by atoms with van der Waals surface area (Å²) in [4.78, 5) is 14.3. The fourth-order valence-corrected chi connectivity index (χ4v) is 4.03. The van der Waals surface area contributed by atoms with E-state index in [4.69, 9.17) is 11.1 Å². The molecule has 2 aliphatic rings. The molecular formula is C20H23F3N6O. The number of hydrogen-bond acceptors (Lipinski definition) is 5. The summed E-state index contributed by atoms with van der Waals surface area (Å²) in [5.41, 5.74) is 5.75. The average molecular weight is 420 g/mol. The molecule has 1 aromatic heterocycles. The third-order valence-electron chi connectivity index (χ3n) is 5.83. The van der Waals surface area contributed by atoms with E-state index in [1.807, 2.05) is 0 Å². The Labute approximate surface area is 171 Å². The molecule has 30 heavy (non-hydrogen) atoms. The molecule has 0 unspecified atom stereocenters. The van der Waals surface area contributed by atoms with E-state index in [1.165, 1.54) is 24.8 Å². The fraction of sp³-hybridized carbons (Fsp3) is 0.450. The van der Waals surface area contributed by atoms with Crippen molar-refractivity contribution in [3.05, 3.63) is 41.6 Å². The number of carbonyl (C=O) groups is 1. The summed E-state index contributed by atoms with van der Waals surface area (Å²) in [6.07, 6.45) is 0.636. The highest BCUT2D eigenvalue weighted by atomic mass is 19.4. The molecule has 7 nitrogen and oxygen atoms in total. The molecule has 2 atom stereocenters. The van der Waals surface area contributed by atoms with E-state index in [2.05, 4.69) is 15.3 Å². The van der Waals surface area contributed by atoms with Gasteiger partial charge in [0.2, 0.25) is 0 Å². The summed E-state index contributed by atoms with van der Waals surface area (Å²) in [7, 11) is 0. The van der Waals surface area contributed by atoms with Gasteiger partial charge in [-0.2, -0.15) is 18.3 Å². The summed E-state index contributed by atoms with van der Waals surface area (Å²) in [5.74, 6) is -0.531. The molecule has 1 saturated carbocycles. The Morgan fingerprint density at radius 1 is 1.20 bits per heavy atom. The highest BCUT2D eigenvalue weighted by molar-refractivity contribution is 5.98. The number of rotatable bonds is 5. The third-order valence-corrected chi connectivity index (χ3v) is 5.83. The summed E-state index contributed by atoms with van der Waals surface area (Å²) in [6, 6.07) is 4.58. The van der Waals surface area contributed by atoms with Gasteiger partial charge in [0.15, 0.2) is 5.82 Å². The molecule has 1 aliphatic carbocycles. The molecule has 10 heteroatoms. The average Bonchev–Trinajstić information content (AvgIpc) is 3.04. The van der Waals surface area contributed by atoms with Gasteiger partial charge in [0, 0.05) is 30.1 Å².